The van der Waals surface area contributed by atoms with Crippen LogP contribution < -0.4 is 10.3 Å². The maximum atomic E-state index is 12.5. The van der Waals surface area contributed by atoms with Gasteiger partial charge in [0.1, 0.15) is 11.6 Å². The van der Waals surface area contributed by atoms with Crippen molar-refractivity contribution in [3.05, 3.63) is 42.6 Å². The zero-order chi connectivity index (χ0) is 19.6. The van der Waals surface area contributed by atoms with E-state index < -0.39 is 38.3 Å². The number of halogens is 4. The van der Waals surface area contributed by atoms with Crippen LogP contribution in [0, 0.1) is 21.4 Å². The third-order valence-electron chi connectivity index (χ3n) is 2.91. The predicted octanol–water partition coefficient (Wildman–Crippen LogP) is 3.60. The third-order valence-corrected chi connectivity index (χ3v) is 4.08. The first kappa shape index (κ1) is 19.7. The molecule has 0 spiro atoms. The highest BCUT2D eigenvalue weighted by Crippen LogP contribution is 2.42. The number of nitro benzene ring substituents is 1. The van der Waals surface area contributed by atoms with E-state index in [9.17, 15) is 28.1 Å². The average Bonchev–Trinajstić information content (AvgIpc) is 2.54. The molecule has 136 valence electrons. The largest absolute Gasteiger partial charge is 0.573 e. The van der Waals surface area contributed by atoms with Crippen molar-refractivity contribution in [2.24, 2.45) is 0 Å². The summed E-state index contributed by atoms with van der Waals surface area (Å²) in [6.45, 7) is 0. The van der Waals surface area contributed by atoms with Crippen LogP contribution in [-0.2, 0) is 0 Å². The number of aromatic nitrogens is 2. The number of rotatable bonds is 4. The minimum Gasteiger partial charge on any atom is -0.397 e. The molecule has 2 aromatic rings. The molecule has 13 heteroatoms. The van der Waals surface area contributed by atoms with Crippen molar-refractivity contribution in [3.8, 4) is 23.1 Å². The summed E-state index contributed by atoms with van der Waals surface area (Å²) >= 11 is 3.83. The molecule has 0 atom stereocenters. The number of ether oxygens (including phenoxy) is 1. The monoisotopic (exact) mass is 450 g/mol. The Labute approximate surface area is 155 Å². The Balaban J connectivity index is 2.78. The number of nitro groups is 1. The highest BCUT2D eigenvalue weighted by atomic mass is 79.9. The number of nitrogens with zero attached hydrogens (tertiary/aromatic N) is 3. The van der Waals surface area contributed by atoms with Crippen LogP contribution in [0.1, 0.15) is 5.56 Å². The van der Waals surface area contributed by atoms with Gasteiger partial charge in [0.2, 0.25) is 5.75 Å². The van der Waals surface area contributed by atoms with Crippen LogP contribution in [0.4, 0.5) is 18.9 Å². The second-order valence-corrected chi connectivity index (χ2v) is 6.17. The second kappa shape index (κ2) is 7.34. The summed E-state index contributed by atoms with van der Waals surface area (Å²) < 4.78 is 40.8. The van der Waals surface area contributed by atoms with Gasteiger partial charge >= 0.3 is 12.0 Å². The van der Waals surface area contributed by atoms with Gasteiger partial charge in [0.15, 0.2) is 5.16 Å². The fourth-order valence-corrected chi connectivity index (χ4v) is 2.84. The molecular weight excluding hydrogens is 445 g/mol. The van der Waals surface area contributed by atoms with Gasteiger partial charge in [-0.05, 0) is 28.3 Å². The fraction of sp³-hybridized carbons (Fsp3) is 0.154. The Kier molecular flexibility index (Phi) is 5.57. The molecule has 0 saturated heterocycles. The average molecular weight is 451 g/mol. The van der Waals surface area contributed by atoms with E-state index in [1.165, 1.54) is 0 Å². The summed E-state index contributed by atoms with van der Waals surface area (Å²) in [5.74, 6) is -1.06. The minimum atomic E-state index is -5.15. The van der Waals surface area contributed by atoms with Gasteiger partial charge in [0.05, 0.1) is 15.1 Å². The lowest BCUT2D eigenvalue weighted by Gasteiger charge is -2.12. The van der Waals surface area contributed by atoms with E-state index in [0.717, 1.165) is 23.9 Å². The molecule has 0 amide bonds. The van der Waals surface area contributed by atoms with Crippen molar-refractivity contribution < 1.29 is 22.8 Å². The lowest BCUT2D eigenvalue weighted by molar-refractivity contribution is -0.388. The van der Waals surface area contributed by atoms with Crippen LogP contribution in [0.15, 0.2) is 26.6 Å². The van der Waals surface area contributed by atoms with Crippen LogP contribution in [-0.4, -0.2) is 27.5 Å². The molecule has 2 rings (SSSR count). The van der Waals surface area contributed by atoms with Gasteiger partial charge in [-0.3, -0.25) is 14.9 Å². The van der Waals surface area contributed by atoms with Gasteiger partial charge in [0.25, 0.3) is 5.56 Å². The maximum absolute atomic E-state index is 12.5. The zero-order valence-electron chi connectivity index (χ0n) is 12.5. The third kappa shape index (κ3) is 4.14. The number of benzene rings is 1. The molecule has 0 fully saturated rings. The van der Waals surface area contributed by atoms with E-state index >= 15 is 0 Å². The first-order valence-corrected chi connectivity index (χ1v) is 8.41. The predicted molar refractivity (Wildman–Crippen MR) is 87.8 cm³/mol. The quantitative estimate of drug-likeness (QED) is 0.326. The Morgan fingerprint density at radius 2 is 2.12 bits per heavy atom. The molecule has 0 unspecified atom stereocenters. The molecule has 1 N–H and O–H groups in total. The van der Waals surface area contributed by atoms with Gasteiger partial charge < -0.3 is 9.72 Å². The molecule has 8 nitrogen and oxygen atoms in total. The molecule has 1 heterocycles. The Hall–Kier alpha value is -2.59. The molecular formula is C13H6BrF3N4O4S. The first-order chi connectivity index (χ1) is 12.1. The Bertz CT molecular complexity index is 987. The molecule has 0 saturated carbocycles. The van der Waals surface area contributed by atoms with E-state index in [4.69, 9.17) is 5.26 Å². The van der Waals surface area contributed by atoms with Gasteiger partial charge in [-0.2, -0.15) is 5.26 Å². The topological polar surface area (TPSA) is 122 Å². The van der Waals surface area contributed by atoms with Crippen LogP contribution in [0.25, 0.3) is 11.3 Å². The zero-order valence-corrected chi connectivity index (χ0v) is 15.0. The summed E-state index contributed by atoms with van der Waals surface area (Å²) in [5.41, 5.74) is -2.54. The Morgan fingerprint density at radius 3 is 2.62 bits per heavy atom. The van der Waals surface area contributed by atoms with Crippen LogP contribution in [0.3, 0.4) is 0 Å². The van der Waals surface area contributed by atoms with E-state index in [2.05, 4.69) is 30.6 Å². The van der Waals surface area contributed by atoms with Crippen molar-refractivity contribution in [1.29, 1.82) is 5.26 Å². The lowest BCUT2D eigenvalue weighted by atomic mass is 10.1. The summed E-state index contributed by atoms with van der Waals surface area (Å²) in [6.07, 6.45) is -3.56. The molecule has 0 aliphatic carbocycles. The molecule has 0 aliphatic rings. The summed E-state index contributed by atoms with van der Waals surface area (Å²) in [4.78, 5) is 28.4. The van der Waals surface area contributed by atoms with Gasteiger partial charge in [0, 0.05) is 11.6 Å². The number of nitrogens with one attached hydrogen (secondary N) is 1. The lowest BCUT2D eigenvalue weighted by Crippen LogP contribution is -2.18. The van der Waals surface area contributed by atoms with Gasteiger partial charge in [-0.25, -0.2) is 4.98 Å². The van der Waals surface area contributed by atoms with E-state index in [1.807, 2.05) is 0 Å². The van der Waals surface area contributed by atoms with E-state index in [0.29, 0.717) is 0 Å². The Morgan fingerprint density at radius 1 is 1.46 bits per heavy atom. The van der Waals surface area contributed by atoms with E-state index in [-0.39, 0.29) is 16.4 Å². The molecule has 1 aromatic carbocycles. The molecule has 0 bridgehead atoms. The van der Waals surface area contributed by atoms with Gasteiger partial charge in [-0.1, -0.05) is 11.8 Å². The number of nitriles is 1. The number of hydrogen-bond acceptors (Lipinski definition) is 7. The highest BCUT2D eigenvalue weighted by molar-refractivity contribution is 9.10. The van der Waals surface area contributed by atoms with Crippen LogP contribution >= 0.6 is 27.7 Å². The van der Waals surface area contributed by atoms with Crippen molar-refractivity contribution in [2.45, 2.75) is 11.5 Å². The molecule has 0 aliphatic heterocycles. The fourth-order valence-electron chi connectivity index (χ4n) is 1.93. The number of thioether (sulfide) groups is 1. The molecule has 0 radical (unpaired) electrons. The summed E-state index contributed by atoms with van der Waals surface area (Å²) in [7, 11) is 0. The molecule has 26 heavy (non-hydrogen) atoms. The van der Waals surface area contributed by atoms with Crippen molar-refractivity contribution in [2.75, 3.05) is 6.26 Å². The summed E-state index contributed by atoms with van der Waals surface area (Å²) in [5, 5.41) is 20.4. The second-order valence-electron chi connectivity index (χ2n) is 4.52. The molecule has 1 aromatic heterocycles. The van der Waals surface area contributed by atoms with Crippen molar-refractivity contribution in [1.82, 2.24) is 9.97 Å². The normalized spacial score (nSPS) is 11.1. The maximum Gasteiger partial charge on any atom is 0.573 e. The minimum absolute atomic E-state index is 0.101. The number of hydrogen-bond donors (Lipinski definition) is 1. The summed E-state index contributed by atoms with van der Waals surface area (Å²) in [6, 6.07) is 3.41. The number of alkyl halides is 3. The smallest absolute Gasteiger partial charge is 0.397 e. The van der Waals surface area contributed by atoms with Crippen molar-refractivity contribution >= 4 is 33.4 Å². The van der Waals surface area contributed by atoms with Crippen LogP contribution in [0.2, 0.25) is 0 Å². The van der Waals surface area contributed by atoms with Gasteiger partial charge in [-0.15, -0.1) is 13.2 Å². The van der Waals surface area contributed by atoms with Crippen molar-refractivity contribution in [3.63, 3.8) is 0 Å². The van der Waals surface area contributed by atoms with Crippen LogP contribution in [0.5, 0.6) is 5.75 Å². The highest BCUT2D eigenvalue weighted by Gasteiger charge is 2.36. The van der Waals surface area contributed by atoms with E-state index in [1.54, 1.807) is 12.3 Å². The SMILES string of the molecule is CSc1nc(-c2cc(Br)c(OC(F)(F)F)c([N+](=O)[O-])c2)c(C#N)c(=O)[nH]1. The standard InChI is InChI=1S/C13H6BrF3N4O4S/c1-26-12-19-9(6(4-18)11(22)20-12)5-2-7(14)10(25-13(15,16)17)8(3-5)21(23)24/h2-3H,1H3,(H,19,20,22). The number of aromatic amines is 1. The number of H-pyrrole nitrogens is 1. The first-order valence-electron chi connectivity index (χ1n) is 6.39.